The first-order valence-electron chi connectivity index (χ1n) is 13.3. The van der Waals surface area contributed by atoms with Crippen molar-refractivity contribution in [2.75, 3.05) is 24.5 Å². The molecule has 6 rings (SSSR count). The van der Waals surface area contributed by atoms with Crippen LogP contribution in [0.4, 0.5) is 14.9 Å². The molecule has 2 fully saturated rings. The van der Waals surface area contributed by atoms with E-state index >= 15 is 4.39 Å². The number of fused-ring (bicyclic) bond motifs is 1. The highest BCUT2D eigenvalue weighted by Gasteiger charge is 2.50. The lowest BCUT2D eigenvalue weighted by Crippen LogP contribution is -2.55. The van der Waals surface area contributed by atoms with E-state index in [9.17, 15) is 14.7 Å². The standard InChI is InChI=1S/C29H28ClFN6O4/c1-28(2)15-36(14-17-3-4-19(22(30)11-17)26-33-16-41-35-26)10-8-29(28,40)21-5-6-23-20(25(21)31)12-18(13-32-23)37-9-7-24(38)34-27(37)39/h3-6,11-13,16,40H,7-10,14-15H2,1-2H3,(H,34,38,39)/t29-/m1/s1. The number of carbonyl (C=O) groups is 2. The maximum absolute atomic E-state index is 16.2. The van der Waals surface area contributed by atoms with Crippen molar-refractivity contribution in [3.8, 4) is 11.4 Å². The number of aromatic nitrogens is 3. The predicted octanol–water partition coefficient (Wildman–Crippen LogP) is 4.64. The third kappa shape index (κ3) is 4.83. The number of carbonyl (C=O) groups excluding carboxylic acids is 2. The number of pyridine rings is 1. The summed E-state index contributed by atoms with van der Waals surface area (Å²) >= 11 is 6.49. The molecule has 0 spiro atoms. The van der Waals surface area contributed by atoms with Gasteiger partial charge in [0.25, 0.3) is 0 Å². The minimum absolute atomic E-state index is 0.145. The summed E-state index contributed by atoms with van der Waals surface area (Å²) in [5.74, 6) is -0.508. The molecule has 0 aliphatic carbocycles. The Morgan fingerprint density at radius 2 is 1.98 bits per heavy atom. The molecule has 0 saturated carbocycles. The second-order valence-corrected chi connectivity index (χ2v) is 11.6. The summed E-state index contributed by atoms with van der Waals surface area (Å²) in [4.78, 5) is 35.9. The molecule has 0 radical (unpaired) electrons. The van der Waals surface area contributed by atoms with Gasteiger partial charge in [-0.05, 0) is 36.2 Å². The van der Waals surface area contributed by atoms with E-state index in [0.717, 1.165) is 5.56 Å². The maximum atomic E-state index is 16.2. The van der Waals surface area contributed by atoms with Crippen LogP contribution < -0.4 is 10.2 Å². The van der Waals surface area contributed by atoms with Gasteiger partial charge in [-0.25, -0.2) is 9.18 Å². The monoisotopic (exact) mass is 578 g/mol. The lowest BCUT2D eigenvalue weighted by atomic mass is 9.66. The first-order chi connectivity index (χ1) is 19.6. The lowest BCUT2D eigenvalue weighted by Gasteiger charge is -2.50. The van der Waals surface area contributed by atoms with Crippen LogP contribution in [0.3, 0.4) is 0 Å². The van der Waals surface area contributed by atoms with Gasteiger partial charge >= 0.3 is 6.03 Å². The Hall–Kier alpha value is -3.93. The number of nitrogens with one attached hydrogen (secondary N) is 1. The molecule has 3 amide bonds. The molecule has 4 heterocycles. The van der Waals surface area contributed by atoms with Crippen LogP contribution in [-0.2, 0) is 16.9 Å². The number of piperidine rings is 1. The van der Waals surface area contributed by atoms with Crippen molar-refractivity contribution in [3.05, 3.63) is 71.0 Å². The third-order valence-electron chi connectivity index (χ3n) is 8.17. The first kappa shape index (κ1) is 27.3. The van der Waals surface area contributed by atoms with Gasteiger partial charge < -0.3 is 9.63 Å². The molecule has 12 heteroatoms. The fourth-order valence-corrected chi connectivity index (χ4v) is 6.17. The number of hydrogen-bond donors (Lipinski definition) is 2. The smallest absolute Gasteiger partial charge is 0.328 e. The van der Waals surface area contributed by atoms with E-state index in [1.807, 2.05) is 32.0 Å². The zero-order valence-electron chi connectivity index (χ0n) is 22.5. The van der Waals surface area contributed by atoms with Gasteiger partial charge in [0.15, 0.2) is 0 Å². The maximum Gasteiger partial charge on any atom is 0.328 e. The highest BCUT2D eigenvalue weighted by Crippen LogP contribution is 2.48. The van der Waals surface area contributed by atoms with Crippen LogP contribution in [0.15, 0.2) is 53.5 Å². The van der Waals surface area contributed by atoms with Gasteiger partial charge in [0.05, 0.1) is 28.0 Å². The number of nitrogens with zero attached hydrogens (tertiary/aromatic N) is 5. The number of likely N-dealkylation sites (tertiary alicyclic amines) is 1. The lowest BCUT2D eigenvalue weighted by molar-refractivity contribution is -0.128. The zero-order valence-corrected chi connectivity index (χ0v) is 23.3. The first-order valence-corrected chi connectivity index (χ1v) is 13.6. The Bertz CT molecular complexity index is 1660. The largest absolute Gasteiger partial charge is 0.384 e. The highest BCUT2D eigenvalue weighted by atomic mass is 35.5. The van der Waals surface area contributed by atoms with Crippen LogP contribution in [-0.4, -0.2) is 56.7 Å². The van der Waals surface area contributed by atoms with Gasteiger partial charge in [-0.3, -0.25) is 24.9 Å². The van der Waals surface area contributed by atoms with E-state index in [0.29, 0.717) is 53.7 Å². The summed E-state index contributed by atoms with van der Waals surface area (Å²) in [5, 5.41) is 18.8. The van der Waals surface area contributed by atoms with E-state index in [2.05, 4.69) is 25.3 Å². The number of hydrogen-bond acceptors (Lipinski definition) is 8. The molecule has 2 saturated heterocycles. The molecule has 41 heavy (non-hydrogen) atoms. The SMILES string of the molecule is CC1(C)CN(Cc2ccc(-c3ncon3)c(Cl)c2)CC[C@@]1(O)c1ccc2ncc(N3CCC(=O)NC3=O)cc2c1F. The van der Waals surface area contributed by atoms with Gasteiger partial charge in [0, 0.05) is 54.5 Å². The molecule has 2 aliphatic heterocycles. The minimum atomic E-state index is -1.45. The van der Waals surface area contributed by atoms with Crippen molar-refractivity contribution in [1.82, 2.24) is 25.3 Å². The molecule has 0 bridgehead atoms. The average molecular weight is 579 g/mol. The number of urea groups is 1. The van der Waals surface area contributed by atoms with E-state index in [1.54, 1.807) is 18.2 Å². The van der Waals surface area contributed by atoms with Crippen LogP contribution in [0.25, 0.3) is 22.3 Å². The predicted molar refractivity (Wildman–Crippen MR) is 150 cm³/mol. The second-order valence-electron chi connectivity index (χ2n) is 11.2. The van der Waals surface area contributed by atoms with Gasteiger partial charge in [-0.1, -0.05) is 42.7 Å². The Morgan fingerprint density at radius 3 is 2.68 bits per heavy atom. The van der Waals surface area contributed by atoms with E-state index in [1.165, 1.54) is 17.5 Å². The third-order valence-corrected chi connectivity index (χ3v) is 8.48. The molecule has 10 nitrogen and oxygen atoms in total. The van der Waals surface area contributed by atoms with Crippen molar-refractivity contribution in [2.45, 2.75) is 38.8 Å². The normalized spacial score (nSPS) is 21.3. The van der Waals surface area contributed by atoms with E-state index in [4.69, 9.17) is 16.1 Å². The average Bonchev–Trinajstić information content (AvgIpc) is 3.46. The van der Waals surface area contributed by atoms with Crippen molar-refractivity contribution < 1.29 is 23.6 Å². The quantitative estimate of drug-likeness (QED) is 0.351. The number of aliphatic hydroxyl groups is 1. The zero-order chi connectivity index (χ0) is 28.9. The number of amides is 3. The molecule has 2 aliphatic rings. The highest BCUT2D eigenvalue weighted by molar-refractivity contribution is 6.33. The van der Waals surface area contributed by atoms with Crippen LogP contribution in [0.5, 0.6) is 0 Å². The fraction of sp³-hybridized carbons (Fsp3) is 0.345. The van der Waals surface area contributed by atoms with Crippen molar-refractivity contribution in [2.24, 2.45) is 5.41 Å². The number of benzene rings is 2. The van der Waals surface area contributed by atoms with Crippen LogP contribution in [0.2, 0.25) is 5.02 Å². The van der Waals surface area contributed by atoms with E-state index < -0.39 is 22.9 Å². The molecule has 2 aromatic carbocycles. The summed E-state index contributed by atoms with van der Waals surface area (Å²) in [6.45, 7) is 5.67. The number of halogens is 2. The van der Waals surface area contributed by atoms with E-state index in [-0.39, 0.29) is 29.8 Å². The summed E-state index contributed by atoms with van der Waals surface area (Å²) in [5.41, 5.74) is 0.476. The summed E-state index contributed by atoms with van der Waals surface area (Å²) < 4.78 is 21.0. The van der Waals surface area contributed by atoms with Crippen LogP contribution >= 0.6 is 11.6 Å². The summed E-state index contributed by atoms with van der Waals surface area (Å²) in [6.07, 6.45) is 3.18. The number of imide groups is 1. The molecule has 2 N–H and O–H groups in total. The minimum Gasteiger partial charge on any atom is -0.384 e. The summed E-state index contributed by atoms with van der Waals surface area (Å²) in [6, 6.07) is 9.94. The summed E-state index contributed by atoms with van der Waals surface area (Å²) in [7, 11) is 0. The Morgan fingerprint density at radius 1 is 1.15 bits per heavy atom. The van der Waals surface area contributed by atoms with Crippen molar-refractivity contribution in [1.29, 1.82) is 0 Å². The molecule has 212 valence electrons. The second kappa shape index (κ2) is 10.2. The topological polar surface area (TPSA) is 125 Å². The molecule has 4 aromatic rings. The Balaban J connectivity index is 1.24. The van der Waals surface area contributed by atoms with Crippen molar-refractivity contribution in [3.63, 3.8) is 0 Å². The molecule has 1 atom stereocenters. The van der Waals surface area contributed by atoms with Gasteiger partial charge in [-0.2, -0.15) is 4.98 Å². The molecule has 2 aromatic heterocycles. The number of anilines is 1. The van der Waals surface area contributed by atoms with Crippen LogP contribution in [0, 0.1) is 11.2 Å². The van der Waals surface area contributed by atoms with Crippen LogP contribution in [0.1, 0.15) is 37.8 Å². The Labute approximate surface area is 240 Å². The van der Waals surface area contributed by atoms with Gasteiger partial charge in [-0.15, -0.1) is 0 Å². The van der Waals surface area contributed by atoms with Gasteiger partial charge in [0.2, 0.25) is 18.1 Å². The fourth-order valence-electron chi connectivity index (χ4n) is 5.88. The molecule has 0 unspecified atom stereocenters. The van der Waals surface area contributed by atoms with Crippen molar-refractivity contribution >= 4 is 40.1 Å². The number of rotatable bonds is 5. The molecular formula is C29H28ClFN6O4. The Kier molecular flexibility index (Phi) is 6.75. The molecular weight excluding hydrogens is 551 g/mol. The van der Waals surface area contributed by atoms with Gasteiger partial charge in [0.1, 0.15) is 5.82 Å².